The highest BCUT2D eigenvalue weighted by atomic mass is 16.5. The summed E-state index contributed by atoms with van der Waals surface area (Å²) in [6.07, 6.45) is 2.67. The fraction of sp³-hybridized carbons (Fsp3) is 0.579. The zero-order valence-corrected chi connectivity index (χ0v) is 13.7. The monoisotopic (exact) mass is 313 g/mol. The van der Waals surface area contributed by atoms with Crippen LogP contribution in [0.15, 0.2) is 24.3 Å². The number of hydrogen-bond acceptors (Lipinski definition) is 3. The SMILES string of the molecule is CCOC(=O)C1CC2C3CC1N(C(C)=O)C2Cc1ccccc13. The van der Waals surface area contributed by atoms with Gasteiger partial charge in [0.15, 0.2) is 0 Å². The summed E-state index contributed by atoms with van der Waals surface area (Å²) in [6.45, 7) is 3.88. The van der Waals surface area contributed by atoms with Gasteiger partial charge in [0, 0.05) is 19.0 Å². The molecule has 0 radical (unpaired) electrons. The Morgan fingerprint density at radius 1 is 1.22 bits per heavy atom. The van der Waals surface area contributed by atoms with Crippen molar-refractivity contribution in [3.8, 4) is 0 Å². The van der Waals surface area contributed by atoms with Crippen molar-refractivity contribution < 1.29 is 14.3 Å². The maximum absolute atomic E-state index is 12.4. The van der Waals surface area contributed by atoms with E-state index >= 15 is 0 Å². The molecule has 23 heavy (non-hydrogen) atoms. The molecule has 1 amide bonds. The summed E-state index contributed by atoms with van der Waals surface area (Å²) < 4.78 is 5.28. The average molecular weight is 313 g/mol. The number of carbonyl (C=O) groups excluding carboxylic acids is 2. The van der Waals surface area contributed by atoms with Gasteiger partial charge in [0.25, 0.3) is 0 Å². The van der Waals surface area contributed by atoms with Gasteiger partial charge in [-0.2, -0.15) is 0 Å². The molecule has 4 aliphatic rings. The lowest BCUT2D eigenvalue weighted by Gasteiger charge is -2.59. The molecular formula is C19H23NO3. The molecule has 0 spiro atoms. The predicted molar refractivity (Wildman–Crippen MR) is 85.8 cm³/mol. The van der Waals surface area contributed by atoms with E-state index < -0.39 is 0 Å². The van der Waals surface area contributed by atoms with Gasteiger partial charge in [-0.25, -0.2) is 0 Å². The first-order valence-electron chi connectivity index (χ1n) is 8.65. The molecule has 5 unspecified atom stereocenters. The van der Waals surface area contributed by atoms with Crippen LogP contribution in [0, 0.1) is 11.8 Å². The van der Waals surface area contributed by atoms with Gasteiger partial charge >= 0.3 is 5.97 Å². The molecule has 4 heteroatoms. The van der Waals surface area contributed by atoms with Crippen LogP contribution in [0.1, 0.15) is 43.7 Å². The van der Waals surface area contributed by atoms with Gasteiger partial charge in [0.1, 0.15) is 0 Å². The van der Waals surface area contributed by atoms with Gasteiger partial charge in [0.2, 0.25) is 5.91 Å². The van der Waals surface area contributed by atoms with Crippen molar-refractivity contribution in [2.45, 2.75) is 51.1 Å². The highest BCUT2D eigenvalue weighted by Crippen LogP contribution is 2.54. The molecule has 0 N–H and O–H groups in total. The second kappa shape index (κ2) is 5.36. The highest BCUT2D eigenvalue weighted by Gasteiger charge is 2.56. The minimum absolute atomic E-state index is 0.0000869. The molecule has 5 rings (SSSR count). The maximum Gasteiger partial charge on any atom is 0.311 e. The molecule has 122 valence electrons. The molecule has 1 saturated carbocycles. The number of hydrogen-bond donors (Lipinski definition) is 0. The molecule has 5 atom stereocenters. The molecule has 2 saturated heterocycles. The first kappa shape index (κ1) is 14.7. The van der Waals surface area contributed by atoms with E-state index in [4.69, 9.17) is 4.74 Å². The number of piperidine rings is 2. The van der Waals surface area contributed by atoms with Crippen LogP contribution in [0.3, 0.4) is 0 Å². The van der Waals surface area contributed by atoms with Crippen LogP contribution < -0.4 is 0 Å². The second-order valence-corrected chi connectivity index (χ2v) is 7.06. The van der Waals surface area contributed by atoms with Gasteiger partial charge < -0.3 is 9.64 Å². The Bertz CT molecular complexity index is 656. The summed E-state index contributed by atoms with van der Waals surface area (Å²) >= 11 is 0. The van der Waals surface area contributed by atoms with Crippen molar-refractivity contribution in [1.82, 2.24) is 4.90 Å². The summed E-state index contributed by atoms with van der Waals surface area (Å²) in [7, 11) is 0. The Kier molecular flexibility index (Phi) is 3.43. The molecule has 4 nitrogen and oxygen atoms in total. The number of fused-ring (bicyclic) bond motifs is 2. The molecule has 0 aromatic heterocycles. The van der Waals surface area contributed by atoms with Crippen molar-refractivity contribution in [2.24, 2.45) is 11.8 Å². The minimum Gasteiger partial charge on any atom is -0.466 e. The van der Waals surface area contributed by atoms with Gasteiger partial charge in [-0.3, -0.25) is 9.59 Å². The molecule has 1 aromatic carbocycles. The standard InChI is InChI=1S/C19H23NO3/c1-3-23-19(22)16-9-15-14-10-18(16)20(11(2)21)17(15)8-12-6-4-5-7-13(12)14/h4-7,14-18H,3,8-10H2,1-2H3. The Balaban J connectivity index is 1.73. The van der Waals surface area contributed by atoms with Crippen LogP contribution in [0.2, 0.25) is 0 Å². The molecule has 3 fully saturated rings. The van der Waals surface area contributed by atoms with Crippen molar-refractivity contribution >= 4 is 11.9 Å². The van der Waals surface area contributed by atoms with E-state index in [-0.39, 0.29) is 29.9 Å². The number of carbonyl (C=O) groups is 2. The Labute approximate surface area is 136 Å². The lowest BCUT2D eigenvalue weighted by atomic mass is 9.57. The van der Waals surface area contributed by atoms with E-state index in [1.165, 1.54) is 11.1 Å². The van der Waals surface area contributed by atoms with Crippen LogP contribution >= 0.6 is 0 Å². The molecule has 4 bridgehead atoms. The molecule has 2 aliphatic carbocycles. The number of ether oxygens (including phenoxy) is 1. The average Bonchev–Trinajstić information content (AvgIpc) is 2.54. The Morgan fingerprint density at radius 3 is 2.74 bits per heavy atom. The summed E-state index contributed by atoms with van der Waals surface area (Å²) in [5, 5.41) is 0. The smallest absolute Gasteiger partial charge is 0.311 e. The van der Waals surface area contributed by atoms with Gasteiger partial charge in [-0.05, 0) is 49.1 Å². The Hall–Kier alpha value is -1.84. The predicted octanol–water partition coefficient (Wildman–Crippen LogP) is 2.51. The van der Waals surface area contributed by atoms with Crippen molar-refractivity contribution in [3.05, 3.63) is 35.4 Å². The van der Waals surface area contributed by atoms with E-state index in [9.17, 15) is 9.59 Å². The lowest BCUT2D eigenvalue weighted by molar-refractivity contribution is -0.167. The lowest BCUT2D eigenvalue weighted by Crippen LogP contribution is -2.66. The topological polar surface area (TPSA) is 46.6 Å². The number of nitrogens with zero attached hydrogens (tertiary/aromatic N) is 1. The maximum atomic E-state index is 12.4. The van der Waals surface area contributed by atoms with Crippen molar-refractivity contribution in [3.63, 3.8) is 0 Å². The summed E-state index contributed by atoms with van der Waals surface area (Å²) in [4.78, 5) is 26.7. The summed E-state index contributed by atoms with van der Waals surface area (Å²) in [6, 6.07) is 8.85. The van der Waals surface area contributed by atoms with E-state index in [0.29, 0.717) is 18.4 Å². The third kappa shape index (κ3) is 2.11. The van der Waals surface area contributed by atoms with Crippen LogP contribution in [0.25, 0.3) is 0 Å². The molecule has 2 heterocycles. The summed E-state index contributed by atoms with van der Waals surface area (Å²) in [5.41, 5.74) is 2.81. The van der Waals surface area contributed by atoms with Crippen molar-refractivity contribution in [1.29, 1.82) is 0 Å². The van der Waals surface area contributed by atoms with Crippen LogP contribution in [-0.2, 0) is 20.7 Å². The van der Waals surface area contributed by atoms with E-state index in [1.807, 2.05) is 11.8 Å². The molecular weight excluding hydrogens is 290 g/mol. The van der Waals surface area contributed by atoms with E-state index in [0.717, 1.165) is 19.3 Å². The normalized spacial score (nSPS) is 34.0. The molecule has 1 aromatic rings. The largest absolute Gasteiger partial charge is 0.466 e. The zero-order valence-electron chi connectivity index (χ0n) is 13.7. The van der Waals surface area contributed by atoms with E-state index in [2.05, 4.69) is 24.3 Å². The minimum atomic E-state index is -0.151. The number of esters is 1. The second-order valence-electron chi connectivity index (χ2n) is 7.06. The quantitative estimate of drug-likeness (QED) is 0.788. The number of benzene rings is 1. The highest BCUT2D eigenvalue weighted by molar-refractivity contribution is 5.79. The third-order valence-electron chi connectivity index (χ3n) is 6.05. The van der Waals surface area contributed by atoms with Gasteiger partial charge in [-0.1, -0.05) is 24.3 Å². The van der Waals surface area contributed by atoms with E-state index in [1.54, 1.807) is 6.92 Å². The molecule has 2 aliphatic heterocycles. The third-order valence-corrected chi connectivity index (χ3v) is 6.05. The van der Waals surface area contributed by atoms with Crippen LogP contribution in [0.5, 0.6) is 0 Å². The van der Waals surface area contributed by atoms with Gasteiger partial charge in [0.05, 0.1) is 12.5 Å². The first-order chi connectivity index (χ1) is 11.1. The number of rotatable bonds is 2. The van der Waals surface area contributed by atoms with Crippen molar-refractivity contribution in [2.75, 3.05) is 6.61 Å². The fourth-order valence-electron chi connectivity index (χ4n) is 5.28. The fourth-order valence-corrected chi connectivity index (χ4v) is 5.28. The van der Waals surface area contributed by atoms with Gasteiger partial charge in [-0.15, -0.1) is 0 Å². The van der Waals surface area contributed by atoms with Crippen LogP contribution in [-0.4, -0.2) is 35.5 Å². The summed E-state index contributed by atoms with van der Waals surface area (Å²) in [5.74, 6) is 0.683. The first-order valence-corrected chi connectivity index (χ1v) is 8.65. The zero-order chi connectivity index (χ0) is 16.1. The number of amides is 1. The Morgan fingerprint density at radius 2 is 2.00 bits per heavy atom. The van der Waals surface area contributed by atoms with Crippen LogP contribution in [0.4, 0.5) is 0 Å².